The van der Waals surface area contributed by atoms with Crippen molar-refractivity contribution < 1.29 is 28.1 Å². The van der Waals surface area contributed by atoms with Crippen LogP contribution in [0.15, 0.2) is 48.5 Å². The lowest BCUT2D eigenvalue weighted by molar-refractivity contribution is -0.107. The van der Waals surface area contributed by atoms with Crippen molar-refractivity contribution in [1.82, 2.24) is 19.4 Å². The van der Waals surface area contributed by atoms with E-state index in [4.69, 9.17) is 40.5 Å². The van der Waals surface area contributed by atoms with E-state index < -0.39 is 17.9 Å². The van der Waals surface area contributed by atoms with Gasteiger partial charge in [0.05, 0.1) is 37.5 Å². The van der Waals surface area contributed by atoms with Gasteiger partial charge in [0, 0.05) is 36.8 Å². The van der Waals surface area contributed by atoms with E-state index >= 15 is 0 Å². The summed E-state index contributed by atoms with van der Waals surface area (Å²) < 4.78 is 40.6. The number of carbonyl (C=O) groups excluding carboxylic acids is 1. The molecule has 3 unspecified atom stereocenters. The largest absolute Gasteiger partial charge is 0.485 e. The first-order valence-corrected chi connectivity index (χ1v) is 14.8. The first-order chi connectivity index (χ1) is 21.0. The average molecular weight is 606 g/mol. The number of imidazole rings is 1. The predicted octanol–water partition coefficient (Wildman–Crippen LogP) is 4.56. The molecule has 0 bridgehead atoms. The number of anilines is 1. The van der Waals surface area contributed by atoms with Gasteiger partial charge in [0.2, 0.25) is 0 Å². The third-order valence-electron chi connectivity index (χ3n) is 8.95. The van der Waals surface area contributed by atoms with Gasteiger partial charge in [-0.2, -0.15) is 0 Å². The average Bonchev–Trinajstić information content (AvgIpc) is 3.36. The first kappa shape index (κ1) is 26.7. The molecule has 6 heterocycles. The molecule has 8 rings (SSSR count). The maximum absolute atomic E-state index is 14.8. The van der Waals surface area contributed by atoms with Crippen molar-refractivity contribution in [3.63, 3.8) is 0 Å². The second-order valence-corrected chi connectivity index (χ2v) is 11.7. The standard InChI is InChI=1S/C31H29ClFN5O5/c1-40-31(39)21-8-7-20-30(35-21)38-27(34-20)15-37-11-10-36(14-23(37)28(38)24-9-12-41-24)22-3-2-4-25-29(22)43-26(16-42-25)18-6-5-17(32)13-19(18)33/h2-8,13,23-24,26,28H,9-12,14-16H2,1H3/t23?,24?,26-,28?/m1/s1. The quantitative estimate of drug-likeness (QED) is 0.311. The fraction of sp³-hybridized carbons (Fsp3) is 0.387. The third-order valence-corrected chi connectivity index (χ3v) is 9.18. The summed E-state index contributed by atoms with van der Waals surface area (Å²) in [5.74, 6) is 1.25. The number of para-hydroxylation sites is 1. The van der Waals surface area contributed by atoms with E-state index in [0.29, 0.717) is 47.4 Å². The van der Waals surface area contributed by atoms with E-state index in [1.54, 1.807) is 18.2 Å². The Morgan fingerprint density at radius 2 is 2.02 bits per heavy atom. The maximum atomic E-state index is 14.8. The summed E-state index contributed by atoms with van der Waals surface area (Å²) in [6.07, 6.45) is 0.318. The van der Waals surface area contributed by atoms with Gasteiger partial charge >= 0.3 is 5.97 Å². The minimum atomic E-state index is -0.604. The molecule has 0 aliphatic carbocycles. The molecule has 4 atom stereocenters. The molecule has 0 amide bonds. The number of carbonyl (C=O) groups is 1. The molecule has 10 nitrogen and oxygen atoms in total. The number of fused-ring (bicyclic) bond motifs is 5. The Labute approximate surface area is 251 Å². The fourth-order valence-electron chi connectivity index (χ4n) is 6.78. The van der Waals surface area contributed by atoms with Crippen LogP contribution in [-0.2, 0) is 16.0 Å². The number of nitrogens with zero attached hydrogens (tertiary/aromatic N) is 5. The molecule has 4 aliphatic rings. The van der Waals surface area contributed by atoms with E-state index in [1.165, 1.54) is 13.2 Å². The number of methoxy groups -OCH3 is 1. The molecule has 2 aromatic carbocycles. The van der Waals surface area contributed by atoms with Gasteiger partial charge in [0.15, 0.2) is 28.9 Å². The zero-order chi connectivity index (χ0) is 29.2. The number of aromatic nitrogens is 3. The number of hydrogen-bond donors (Lipinski definition) is 0. The SMILES string of the molecule is COC(=O)c1ccc2nc3n(c2n1)C(C1CCO1)C1CN(c2cccc4c2O[C@@H](c2ccc(Cl)cc2F)CO4)CCN1C3. The van der Waals surface area contributed by atoms with Crippen LogP contribution in [0.3, 0.4) is 0 Å². The summed E-state index contributed by atoms with van der Waals surface area (Å²) in [6.45, 7) is 3.83. The molecule has 0 N–H and O–H groups in total. The normalized spacial score (nSPS) is 24.7. The molecular weight excluding hydrogens is 577 g/mol. The second-order valence-electron chi connectivity index (χ2n) is 11.3. The van der Waals surface area contributed by atoms with Crippen LogP contribution >= 0.6 is 11.6 Å². The minimum absolute atomic E-state index is 0.00554. The van der Waals surface area contributed by atoms with E-state index in [9.17, 15) is 9.18 Å². The summed E-state index contributed by atoms with van der Waals surface area (Å²) >= 11 is 5.99. The van der Waals surface area contributed by atoms with Crippen molar-refractivity contribution in [3.8, 4) is 11.5 Å². The summed E-state index contributed by atoms with van der Waals surface area (Å²) in [7, 11) is 1.35. The van der Waals surface area contributed by atoms with Crippen LogP contribution < -0.4 is 14.4 Å². The van der Waals surface area contributed by atoms with Crippen LogP contribution in [0.2, 0.25) is 5.02 Å². The molecular formula is C31H29ClFN5O5. The smallest absolute Gasteiger partial charge is 0.356 e. The van der Waals surface area contributed by atoms with Crippen LogP contribution in [0.25, 0.3) is 11.2 Å². The molecule has 2 fully saturated rings. The summed E-state index contributed by atoms with van der Waals surface area (Å²) in [5.41, 5.74) is 2.96. The van der Waals surface area contributed by atoms with Crippen molar-refractivity contribution >= 4 is 34.4 Å². The number of esters is 1. The van der Waals surface area contributed by atoms with Crippen LogP contribution in [0, 0.1) is 5.82 Å². The topological polar surface area (TPSA) is 91.2 Å². The summed E-state index contributed by atoms with van der Waals surface area (Å²) in [5, 5.41) is 0.333. The minimum Gasteiger partial charge on any atom is -0.485 e. The van der Waals surface area contributed by atoms with Gasteiger partial charge in [-0.15, -0.1) is 0 Å². The zero-order valence-electron chi connectivity index (χ0n) is 23.4. The third kappa shape index (κ3) is 4.40. The number of hydrogen-bond acceptors (Lipinski definition) is 9. The summed E-state index contributed by atoms with van der Waals surface area (Å²) in [6, 6.07) is 14.0. The van der Waals surface area contributed by atoms with Gasteiger partial charge in [-0.3, -0.25) is 4.90 Å². The Morgan fingerprint density at radius 1 is 1.14 bits per heavy atom. The van der Waals surface area contributed by atoms with Crippen LogP contribution in [0.4, 0.5) is 10.1 Å². The Bertz CT molecular complexity index is 1750. The second kappa shape index (κ2) is 10.4. The molecule has 2 saturated heterocycles. The Kier molecular flexibility index (Phi) is 6.43. The van der Waals surface area contributed by atoms with Gasteiger partial charge in [0.1, 0.15) is 23.8 Å². The zero-order valence-corrected chi connectivity index (χ0v) is 24.2. The van der Waals surface area contributed by atoms with Crippen LogP contribution in [-0.4, -0.2) is 77.5 Å². The lowest BCUT2D eigenvalue weighted by Crippen LogP contribution is -2.61. The molecule has 4 aliphatic heterocycles. The Morgan fingerprint density at radius 3 is 2.81 bits per heavy atom. The Balaban J connectivity index is 1.14. The van der Waals surface area contributed by atoms with Crippen molar-refractivity contribution in [3.05, 3.63) is 76.5 Å². The van der Waals surface area contributed by atoms with Crippen molar-refractivity contribution in [2.24, 2.45) is 0 Å². The van der Waals surface area contributed by atoms with Gasteiger partial charge in [0.25, 0.3) is 0 Å². The number of pyridine rings is 1. The van der Waals surface area contributed by atoms with Crippen molar-refractivity contribution in [2.75, 3.05) is 44.9 Å². The van der Waals surface area contributed by atoms with Crippen LogP contribution in [0.5, 0.6) is 11.5 Å². The van der Waals surface area contributed by atoms with E-state index in [0.717, 1.165) is 36.5 Å². The molecule has 222 valence electrons. The van der Waals surface area contributed by atoms with Gasteiger partial charge in [-0.05, 0) is 42.8 Å². The van der Waals surface area contributed by atoms with E-state index in [-0.39, 0.29) is 30.5 Å². The van der Waals surface area contributed by atoms with E-state index in [2.05, 4.69) is 14.4 Å². The highest BCUT2D eigenvalue weighted by Gasteiger charge is 2.47. The highest BCUT2D eigenvalue weighted by atomic mass is 35.5. The van der Waals surface area contributed by atoms with Gasteiger partial charge in [-0.25, -0.2) is 19.2 Å². The van der Waals surface area contributed by atoms with Gasteiger partial charge < -0.3 is 28.4 Å². The highest BCUT2D eigenvalue weighted by molar-refractivity contribution is 6.30. The molecule has 0 radical (unpaired) electrons. The maximum Gasteiger partial charge on any atom is 0.356 e. The van der Waals surface area contributed by atoms with Gasteiger partial charge in [-0.1, -0.05) is 23.7 Å². The van der Waals surface area contributed by atoms with Crippen LogP contribution in [0.1, 0.15) is 40.4 Å². The molecule has 0 spiro atoms. The van der Waals surface area contributed by atoms with Crippen molar-refractivity contribution in [2.45, 2.75) is 37.3 Å². The number of ether oxygens (including phenoxy) is 4. The van der Waals surface area contributed by atoms with Crippen molar-refractivity contribution in [1.29, 1.82) is 0 Å². The lowest BCUT2D eigenvalue weighted by Gasteiger charge is -2.52. The monoisotopic (exact) mass is 605 g/mol. The number of benzene rings is 2. The number of rotatable bonds is 4. The van der Waals surface area contributed by atoms with E-state index in [1.807, 2.05) is 24.3 Å². The predicted molar refractivity (Wildman–Crippen MR) is 155 cm³/mol. The molecule has 0 saturated carbocycles. The molecule has 43 heavy (non-hydrogen) atoms. The number of halogens is 2. The Hall–Kier alpha value is -3.93. The lowest BCUT2D eigenvalue weighted by atomic mass is 9.91. The number of piperazine rings is 1. The molecule has 4 aromatic rings. The summed E-state index contributed by atoms with van der Waals surface area (Å²) in [4.78, 5) is 26.7. The first-order valence-electron chi connectivity index (χ1n) is 14.4. The molecule has 12 heteroatoms. The molecule has 2 aromatic heterocycles. The highest BCUT2D eigenvalue weighted by Crippen LogP contribution is 2.46. The fourth-order valence-corrected chi connectivity index (χ4v) is 6.94.